The third-order valence-electron chi connectivity index (χ3n) is 7.12. The van der Waals surface area contributed by atoms with E-state index in [1.165, 1.54) is 0 Å². The molecule has 2 aromatic carbocycles. The fraction of sp³-hybridized carbons (Fsp3) is 0.0588. The predicted octanol–water partition coefficient (Wildman–Crippen LogP) is 6.04. The van der Waals surface area contributed by atoms with Crippen LogP contribution in [0.15, 0.2) is 97.3 Å². The van der Waals surface area contributed by atoms with Gasteiger partial charge in [0.15, 0.2) is 0 Å². The molecule has 6 nitrogen and oxygen atoms in total. The molecule has 0 bridgehead atoms. The lowest BCUT2D eigenvalue weighted by molar-refractivity contribution is 1.23. The van der Waals surface area contributed by atoms with Crippen LogP contribution < -0.4 is 10.7 Å². The van der Waals surface area contributed by atoms with Gasteiger partial charge >= 0.3 is 0 Å². The van der Waals surface area contributed by atoms with E-state index < -0.39 is 0 Å². The maximum absolute atomic E-state index is 10.5. The first-order valence-corrected chi connectivity index (χ1v) is 12.9. The van der Waals surface area contributed by atoms with Gasteiger partial charge in [-0.1, -0.05) is 60.7 Å². The Hall–Kier alpha value is -5.72. The van der Waals surface area contributed by atoms with Crippen LogP contribution in [0, 0.1) is 31.8 Å². The maximum Gasteiger partial charge on any atom is 0.235 e. The Kier molecular flexibility index (Phi) is 6.28. The molecule has 0 saturated carbocycles. The standard InChI is InChI=1S/C34H24N6/c1-21-12-4-6-14-23(21)30-28-29(34(40-30)33(36-3)27-17-9-11-19-38-27)31(24-15-7-5-13-22(24)2)39-32(28)25(20-35)26-16-8-10-18-37-26/h4-19,39-40H,1-2H3/b32-25-,34-33+. The van der Waals surface area contributed by atoms with Crippen molar-refractivity contribution in [1.29, 1.82) is 5.26 Å². The fourth-order valence-corrected chi connectivity index (χ4v) is 5.22. The number of aromatic nitrogens is 4. The van der Waals surface area contributed by atoms with Crippen LogP contribution >= 0.6 is 0 Å². The second kappa shape index (κ2) is 10.2. The van der Waals surface area contributed by atoms with Gasteiger partial charge in [-0.25, -0.2) is 4.85 Å². The highest BCUT2D eigenvalue weighted by Crippen LogP contribution is 2.34. The van der Waals surface area contributed by atoms with E-state index in [2.05, 4.69) is 69.0 Å². The van der Waals surface area contributed by atoms with Crippen molar-refractivity contribution in [2.45, 2.75) is 13.8 Å². The Morgan fingerprint density at radius 2 is 1.20 bits per heavy atom. The predicted molar refractivity (Wildman–Crippen MR) is 158 cm³/mol. The third-order valence-corrected chi connectivity index (χ3v) is 7.12. The molecule has 0 aliphatic carbocycles. The lowest BCUT2D eigenvalue weighted by atomic mass is 10.00. The first-order valence-electron chi connectivity index (χ1n) is 12.9. The van der Waals surface area contributed by atoms with Crippen molar-refractivity contribution in [3.8, 4) is 28.6 Å². The Labute approximate surface area is 231 Å². The van der Waals surface area contributed by atoms with Gasteiger partial charge in [-0.15, -0.1) is 0 Å². The number of rotatable bonds is 4. The minimum absolute atomic E-state index is 0.405. The summed E-state index contributed by atoms with van der Waals surface area (Å²) in [5, 5.41) is 13.4. The van der Waals surface area contributed by atoms with E-state index in [1.807, 2.05) is 60.7 Å². The van der Waals surface area contributed by atoms with Gasteiger partial charge in [0, 0.05) is 34.3 Å². The summed E-state index contributed by atoms with van der Waals surface area (Å²) >= 11 is 0. The van der Waals surface area contributed by atoms with Crippen LogP contribution in [0.2, 0.25) is 0 Å². The van der Waals surface area contributed by atoms with Crippen molar-refractivity contribution >= 4 is 22.0 Å². The second-order valence-corrected chi connectivity index (χ2v) is 9.51. The summed E-state index contributed by atoms with van der Waals surface area (Å²) in [5.41, 5.74) is 7.74. The summed E-state index contributed by atoms with van der Waals surface area (Å²) in [5.74, 6) is 0. The molecule has 0 amide bonds. The lowest BCUT2D eigenvalue weighted by Crippen LogP contribution is -2.11. The molecular weight excluding hydrogens is 492 g/mol. The normalized spacial score (nSPS) is 12.5. The molecule has 6 aromatic rings. The molecule has 6 heteroatoms. The largest absolute Gasteiger partial charge is 0.363 e. The summed E-state index contributed by atoms with van der Waals surface area (Å²) in [6.45, 7) is 12.3. The molecule has 0 fully saturated rings. The number of fused-ring (bicyclic) bond motifs is 1. The molecule has 6 rings (SSSR count). The summed E-state index contributed by atoms with van der Waals surface area (Å²) in [4.78, 5) is 20.2. The number of hydrogen-bond acceptors (Lipinski definition) is 3. The van der Waals surface area contributed by atoms with E-state index in [1.54, 1.807) is 12.4 Å². The average molecular weight is 517 g/mol. The zero-order valence-electron chi connectivity index (χ0n) is 22.0. The molecule has 40 heavy (non-hydrogen) atoms. The quantitative estimate of drug-likeness (QED) is 0.280. The Morgan fingerprint density at radius 1 is 0.700 bits per heavy atom. The minimum atomic E-state index is 0.405. The second-order valence-electron chi connectivity index (χ2n) is 9.51. The van der Waals surface area contributed by atoms with Crippen LogP contribution in [0.4, 0.5) is 0 Å². The molecule has 0 spiro atoms. The van der Waals surface area contributed by atoms with Crippen molar-refractivity contribution in [2.24, 2.45) is 0 Å². The summed E-state index contributed by atoms with van der Waals surface area (Å²) < 4.78 is 0. The van der Waals surface area contributed by atoms with Gasteiger partial charge < -0.3 is 9.97 Å². The Balaban J connectivity index is 1.93. The first kappa shape index (κ1) is 24.6. The molecule has 0 aliphatic rings. The van der Waals surface area contributed by atoms with Crippen molar-refractivity contribution in [2.75, 3.05) is 0 Å². The Bertz CT molecular complexity index is 1930. The number of hydrogen-bond donors (Lipinski definition) is 2. The van der Waals surface area contributed by atoms with Crippen LogP contribution in [-0.4, -0.2) is 19.9 Å². The maximum atomic E-state index is 10.5. The molecule has 2 N–H and O–H groups in total. The van der Waals surface area contributed by atoms with E-state index in [9.17, 15) is 5.26 Å². The highest BCUT2D eigenvalue weighted by atomic mass is 14.8. The van der Waals surface area contributed by atoms with Gasteiger partial charge in [-0.2, -0.15) is 5.26 Å². The number of pyridine rings is 2. The van der Waals surface area contributed by atoms with Crippen molar-refractivity contribution in [3.63, 3.8) is 0 Å². The number of nitrogens with zero attached hydrogens (tertiary/aromatic N) is 4. The molecule has 0 radical (unpaired) electrons. The highest BCUT2D eigenvalue weighted by Gasteiger charge is 2.23. The van der Waals surface area contributed by atoms with Crippen LogP contribution in [0.5, 0.6) is 0 Å². The molecule has 0 unspecified atom stereocenters. The summed E-state index contributed by atoms with van der Waals surface area (Å²) in [6.07, 6.45) is 3.38. The SMILES string of the molecule is [C-]#[N+]/C(c1ccccn1)=c1/[nH]c(-c2ccccc2C)c2/c(=C(\C#N)c3ccccn3)[nH]c(-c3ccccc3C)c12. The number of benzene rings is 2. The van der Waals surface area contributed by atoms with E-state index in [-0.39, 0.29) is 0 Å². The van der Waals surface area contributed by atoms with E-state index >= 15 is 0 Å². The highest BCUT2D eigenvalue weighted by molar-refractivity contribution is 6.07. The van der Waals surface area contributed by atoms with Gasteiger partial charge in [0.2, 0.25) is 5.70 Å². The molecule has 0 saturated heterocycles. The molecule has 4 aromatic heterocycles. The number of aromatic amines is 2. The number of nitrogens with one attached hydrogen (secondary N) is 2. The average Bonchev–Trinajstić information content (AvgIpc) is 3.55. The van der Waals surface area contributed by atoms with E-state index in [0.717, 1.165) is 44.4 Å². The third kappa shape index (κ3) is 4.05. The van der Waals surface area contributed by atoms with Gasteiger partial charge in [0.25, 0.3) is 0 Å². The van der Waals surface area contributed by atoms with Crippen molar-refractivity contribution in [3.05, 3.63) is 142 Å². The molecular formula is C34H24N6. The van der Waals surface area contributed by atoms with Crippen LogP contribution in [0.3, 0.4) is 0 Å². The lowest BCUT2D eigenvalue weighted by Gasteiger charge is -2.05. The van der Waals surface area contributed by atoms with E-state index in [0.29, 0.717) is 33.4 Å². The topological polar surface area (TPSA) is 85.5 Å². The zero-order valence-corrected chi connectivity index (χ0v) is 22.0. The molecule has 0 aliphatic heterocycles. The van der Waals surface area contributed by atoms with Crippen LogP contribution in [-0.2, 0) is 0 Å². The number of H-pyrrole nitrogens is 2. The van der Waals surface area contributed by atoms with Gasteiger partial charge in [0.1, 0.15) is 11.6 Å². The summed E-state index contributed by atoms with van der Waals surface area (Å²) in [6, 6.07) is 29.7. The van der Waals surface area contributed by atoms with Crippen molar-refractivity contribution < 1.29 is 0 Å². The van der Waals surface area contributed by atoms with Gasteiger partial charge in [0.05, 0.1) is 40.0 Å². The van der Waals surface area contributed by atoms with Crippen LogP contribution in [0.25, 0.3) is 49.4 Å². The van der Waals surface area contributed by atoms with Crippen molar-refractivity contribution in [1.82, 2.24) is 19.9 Å². The fourth-order valence-electron chi connectivity index (χ4n) is 5.22. The molecule has 4 heterocycles. The van der Waals surface area contributed by atoms with Crippen LogP contribution in [0.1, 0.15) is 22.5 Å². The van der Waals surface area contributed by atoms with Gasteiger partial charge in [-0.3, -0.25) is 9.97 Å². The van der Waals surface area contributed by atoms with Gasteiger partial charge in [-0.05, 0) is 49.2 Å². The molecule has 190 valence electrons. The van der Waals surface area contributed by atoms with E-state index in [4.69, 9.17) is 6.57 Å². The Morgan fingerprint density at radius 3 is 1.70 bits per heavy atom. The number of aryl methyl sites for hydroxylation is 2. The smallest absolute Gasteiger partial charge is 0.235 e. The number of nitriles is 1. The monoisotopic (exact) mass is 516 g/mol. The zero-order chi connectivity index (χ0) is 27.6. The minimum Gasteiger partial charge on any atom is -0.363 e. The molecule has 0 atom stereocenters. The summed E-state index contributed by atoms with van der Waals surface area (Å²) in [7, 11) is 0. The first-order chi connectivity index (χ1) is 19.6.